The van der Waals surface area contributed by atoms with Crippen LogP contribution in [-0.2, 0) is 0 Å². The van der Waals surface area contributed by atoms with Crippen LogP contribution in [-0.4, -0.2) is 60.1 Å². The zero-order chi connectivity index (χ0) is 16.1. The van der Waals surface area contributed by atoms with Gasteiger partial charge in [0.2, 0.25) is 0 Å². The molecule has 0 aliphatic heterocycles. The van der Waals surface area contributed by atoms with Crippen LogP contribution in [0.3, 0.4) is 0 Å². The van der Waals surface area contributed by atoms with Gasteiger partial charge in [-0.3, -0.25) is 14.4 Å². The Bertz CT molecular complexity index is 262. The molecule has 0 saturated carbocycles. The van der Waals surface area contributed by atoms with E-state index in [0.29, 0.717) is 0 Å². The SMILES string of the molecule is CCCCN(CCCC)C(N(CC)CC)=[N+](C)CCCC. The predicted molar refractivity (Wildman–Crippen MR) is 95.3 cm³/mol. The van der Waals surface area contributed by atoms with Gasteiger partial charge in [-0.15, -0.1) is 0 Å². The zero-order valence-corrected chi connectivity index (χ0v) is 15.6. The maximum Gasteiger partial charge on any atom is 0.350 e. The lowest BCUT2D eigenvalue weighted by molar-refractivity contribution is -0.508. The summed E-state index contributed by atoms with van der Waals surface area (Å²) in [4.78, 5) is 5.16. The molecule has 0 rings (SSSR count). The lowest BCUT2D eigenvalue weighted by atomic mass is 10.2. The maximum absolute atomic E-state index is 2.63. The first kappa shape index (κ1) is 20.3. The van der Waals surface area contributed by atoms with Gasteiger partial charge in [-0.2, -0.15) is 0 Å². The van der Waals surface area contributed by atoms with Crippen molar-refractivity contribution in [1.82, 2.24) is 9.80 Å². The zero-order valence-electron chi connectivity index (χ0n) is 15.6. The van der Waals surface area contributed by atoms with Gasteiger partial charge in [-0.1, -0.05) is 40.0 Å². The Kier molecular flexibility index (Phi) is 12.5. The number of hydrogen-bond acceptors (Lipinski definition) is 0. The minimum absolute atomic E-state index is 1.09. The first-order valence-corrected chi connectivity index (χ1v) is 9.23. The van der Waals surface area contributed by atoms with Crippen LogP contribution in [0.1, 0.15) is 73.1 Å². The molecule has 0 N–H and O–H groups in total. The van der Waals surface area contributed by atoms with Crippen molar-refractivity contribution < 1.29 is 4.58 Å². The molecule has 0 atom stereocenters. The average molecular weight is 299 g/mol. The molecule has 0 unspecified atom stereocenters. The van der Waals surface area contributed by atoms with Crippen LogP contribution in [0.4, 0.5) is 0 Å². The van der Waals surface area contributed by atoms with Gasteiger partial charge in [0, 0.05) is 0 Å². The second kappa shape index (κ2) is 13.0. The van der Waals surface area contributed by atoms with E-state index in [1.54, 1.807) is 0 Å². The van der Waals surface area contributed by atoms with E-state index < -0.39 is 0 Å². The minimum Gasteiger partial charge on any atom is -0.267 e. The molecule has 126 valence electrons. The van der Waals surface area contributed by atoms with Gasteiger partial charge in [0.05, 0.1) is 39.8 Å². The molecule has 3 heteroatoms. The maximum atomic E-state index is 2.63. The number of hydrogen-bond donors (Lipinski definition) is 0. The highest BCUT2D eigenvalue weighted by atomic mass is 15.4. The second-order valence-corrected chi connectivity index (χ2v) is 5.94. The summed E-state index contributed by atoms with van der Waals surface area (Å²) in [6.07, 6.45) is 7.66. The smallest absolute Gasteiger partial charge is 0.267 e. The third-order valence-electron chi connectivity index (χ3n) is 4.08. The van der Waals surface area contributed by atoms with E-state index in [2.05, 4.69) is 56.0 Å². The van der Waals surface area contributed by atoms with E-state index in [9.17, 15) is 0 Å². The summed E-state index contributed by atoms with van der Waals surface area (Å²) >= 11 is 0. The van der Waals surface area contributed by atoms with Crippen molar-refractivity contribution >= 4 is 5.96 Å². The molecule has 0 fully saturated rings. The Balaban J connectivity index is 5.23. The number of nitrogens with zero attached hydrogens (tertiary/aromatic N) is 3. The predicted octanol–water partition coefficient (Wildman–Crippen LogP) is 4.03. The topological polar surface area (TPSA) is 9.49 Å². The van der Waals surface area contributed by atoms with Crippen molar-refractivity contribution in [2.45, 2.75) is 73.1 Å². The summed E-state index contributed by atoms with van der Waals surface area (Å²) in [5.74, 6) is 1.45. The molecule has 0 radical (unpaired) electrons. The largest absolute Gasteiger partial charge is 0.350 e. The van der Waals surface area contributed by atoms with Crippen molar-refractivity contribution in [3.8, 4) is 0 Å². The molecule has 0 saturated heterocycles. The van der Waals surface area contributed by atoms with E-state index in [4.69, 9.17) is 0 Å². The van der Waals surface area contributed by atoms with Gasteiger partial charge < -0.3 is 0 Å². The molecular weight excluding hydrogens is 258 g/mol. The number of unbranched alkanes of at least 4 members (excludes halogenated alkanes) is 3. The summed E-state index contributed by atoms with van der Waals surface area (Å²) in [6, 6.07) is 0. The minimum atomic E-state index is 1.09. The Morgan fingerprint density at radius 1 is 0.714 bits per heavy atom. The van der Waals surface area contributed by atoms with Crippen molar-refractivity contribution in [3.63, 3.8) is 0 Å². The second-order valence-electron chi connectivity index (χ2n) is 5.94. The average Bonchev–Trinajstić information content (AvgIpc) is 2.51. The molecule has 0 aromatic carbocycles. The lowest BCUT2D eigenvalue weighted by Gasteiger charge is -2.29. The van der Waals surface area contributed by atoms with Crippen LogP contribution in [0.5, 0.6) is 0 Å². The Labute approximate surface area is 134 Å². The third kappa shape index (κ3) is 7.73. The molecule has 0 aromatic rings. The van der Waals surface area contributed by atoms with E-state index >= 15 is 0 Å². The Morgan fingerprint density at radius 2 is 1.19 bits per heavy atom. The highest BCUT2D eigenvalue weighted by Gasteiger charge is 2.25. The van der Waals surface area contributed by atoms with Gasteiger partial charge in [-0.05, 0) is 33.1 Å². The molecule has 0 heterocycles. The summed E-state index contributed by atoms with van der Waals surface area (Å²) in [5, 5.41) is 0. The molecule has 0 aliphatic rings. The van der Waals surface area contributed by atoms with Crippen molar-refractivity contribution in [2.75, 3.05) is 39.8 Å². The summed E-state index contributed by atoms with van der Waals surface area (Å²) in [7, 11) is 2.27. The fourth-order valence-electron chi connectivity index (χ4n) is 2.69. The Hall–Kier alpha value is -0.730. The molecule has 0 aromatic heterocycles. The lowest BCUT2D eigenvalue weighted by Crippen LogP contribution is -2.50. The highest BCUT2D eigenvalue weighted by molar-refractivity contribution is 5.75. The fraction of sp³-hybridized carbons (Fsp3) is 0.944. The van der Waals surface area contributed by atoms with E-state index in [1.807, 2.05) is 0 Å². The number of rotatable bonds is 11. The third-order valence-corrected chi connectivity index (χ3v) is 4.08. The summed E-state index contributed by atoms with van der Waals surface area (Å²) < 4.78 is 2.49. The molecule has 0 amide bonds. The van der Waals surface area contributed by atoms with Gasteiger partial charge in [0.1, 0.15) is 0 Å². The van der Waals surface area contributed by atoms with E-state index in [1.165, 1.54) is 57.6 Å². The van der Waals surface area contributed by atoms with Crippen LogP contribution in [0.2, 0.25) is 0 Å². The van der Waals surface area contributed by atoms with Crippen LogP contribution in [0.25, 0.3) is 0 Å². The van der Waals surface area contributed by atoms with Crippen LogP contribution in [0, 0.1) is 0 Å². The van der Waals surface area contributed by atoms with E-state index in [0.717, 1.165) is 19.6 Å². The van der Waals surface area contributed by atoms with Crippen molar-refractivity contribution in [1.29, 1.82) is 0 Å². The normalized spacial score (nSPS) is 12.3. The molecule has 0 spiro atoms. The Morgan fingerprint density at radius 3 is 1.57 bits per heavy atom. The van der Waals surface area contributed by atoms with Crippen molar-refractivity contribution in [2.24, 2.45) is 0 Å². The number of guanidine groups is 1. The molecule has 21 heavy (non-hydrogen) atoms. The molecule has 0 aliphatic carbocycles. The molecule has 3 nitrogen and oxygen atoms in total. The van der Waals surface area contributed by atoms with Crippen molar-refractivity contribution in [3.05, 3.63) is 0 Å². The van der Waals surface area contributed by atoms with E-state index in [-0.39, 0.29) is 0 Å². The summed E-state index contributed by atoms with van der Waals surface area (Å²) in [6.45, 7) is 17.1. The van der Waals surface area contributed by atoms with Crippen LogP contribution < -0.4 is 0 Å². The summed E-state index contributed by atoms with van der Waals surface area (Å²) in [5.41, 5.74) is 0. The standard InChI is InChI=1S/C18H40N3/c1-7-12-15-19(6)18(20(10-4)11-5)21(16-13-8-2)17-14-9-3/h7-17H2,1-6H3/q+1. The first-order chi connectivity index (χ1) is 10.2. The van der Waals surface area contributed by atoms with Gasteiger partial charge in [0.25, 0.3) is 0 Å². The van der Waals surface area contributed by atoms with Gasteiger partial charge in [-0.25, -0.2) is 0 Å². The highest BCUT2D eigenvalue weighted by Crippen LogP contribution is 2.06. The first-order valence-electron chi connectivity index (χ1n) is 9.23. The van der Waals surface area contributed by atoms with Crippen LogP contribution in [0.15, 0.2) is 0 Å². The quantitative estimate of drug-likeness (QED) is 0.324. The fourth-order valence-corrected chi connectivity index (χ4v) is 2.69. The van der Waals surface area contributed by atoms with Gasteiger partial charge in [0.15, 0.2) is 0 Å². The monoisotopic (exact) mass is 298 g/mol. The molecular formula is C18H40N3+. The van der Waals surface area contributed by atoms with Crippen LogP contribution >= 0.6 is 0 Å². The molecule has 0 bridgehead atoms. The van der Waals surface area contributed by atoms with Gasteiger partial charge >= 0.3 is 5.96 Å².